The van der Waals surface area contributed by atoms with Crippen LogP contribution in [-0.4, -0.2) is 30.1 Å². The van der Waals surface area contributed by atoms with Gasteiger partial charge >= 0.3 is 0 Å². The van der Waals surface area contributed by atoms with E-state index in [0.29, 0.717) is 25.2 Å². The van der Waals surface area contributed by atoms with Gasteiger partial charge in [0.2, 0.25) is 0 Å². The largest absolute Gasteiger partial charge is 0.462 e. The average Bonchev–Trinajstić information content (AvgIpc) is 2.75. The van der Waals surface area contributed by atoms with Crippen molar-refractivity contribution >= 4 is 0 Å². The van der Waals surface area contributed by atoms with Gasteiger partial charge in [-0.05, 0) is 39.8 Å². The van der Waals surface area contributed by atoms with Crippen molar-refractivity contribution in [3.05, 3.63) is 23.7 Å². The van der Waals surface area contributed by atoms with Crippen LogP contribution in [0.25, 0.3) is 0 Å². The summed E-state index contributed by atoms with van der Waals surface area (Å²) < 4.78 is 11.1. The van der Waals surface area contributed by atoms with Crippen LogP contribution in [0.5, 0.6) is 0 Å². The molecule has 1 aromatic rings. The van der Waals surface area contributed by atoms with Crippen molar-refractivity contribution in [2.24, 2.45) is 5.73 Å². The van der Waals surface area contributed by atoms with Gasteiger partial charge < -0.3 is 14.9 Å². The fraction of sp³-hybridized carbons (Fsp3) is 0.714. The summed E-state index contributed by atoms with van der Waals surface area (Å²) in [5.74, 6) is 1.65. The van der Waals surface area contributed by atoms with Crippen LogP contribution in [0, 0.1) is 0 Å². The van der Waals surface area contributed by atoms with Gasteiger partial charge in [0.25, 0.3) is 0 Å². The molecule has 0 saturated heterocycles. The molecule has 0 unspecified atom stereocenters. The highest BCUT2D eigenvalue weighted by molar-refractivity contribution is 5.05. The quantitative estimate of drug-likeness (QED) is 0.724. The normalized spacial score (nSPS) is 12.0. The minimum atomic E-state index is 0.439. The minimum Gasteiger partial charge on any atom is -0.462 e. The first-order valence-corrected chi connectivity index (χ1v) is 6.65. The summed E-state index contributed by atoms with van der Waals surface area (Å²) >= 11 is 0. The van der Waals surface area contributed by atoms with Crippen molar-refractivity contribution < 1.29 is 9.15 Å². The molecule has 104 valence electrons. The first-order chi connectivity index (χ1) is 8.54. The molecule has 0 fully saturated rings. The van der Waals surface area contributed by atoms with Crippen LogP contribution < -0.4 is 5.73 Å². The molecule has 1 heterocycles. The molecule has 2 N–H and O–H groups in total. The Morgan fingerprint density at radius 2 is 1.78 bits per heavy atom. The Labute approximate surface area is 110 Å². The molecule has 4 heteroatoms. The zero-order valence-corrected chi connectivity index (χ0v) is 12.0. The predicted octanol–water partition coefficient (Wildman–Crippen LogP) is 2.37. The summed E-state index contributed by atoms with van der Waals surface area (Å²) in [7, 11) is 0. The second kappa shape index (κ2) is 7.56. The van der Waals surface area contributed by atoms with Crippen LogP contribution >= 0.6 is 0 Å². The summed E-state index contributed by atoms with van der Waals surface area (Å²) in [6, 6.07) is 4.90. The molecule has 0 aromatic carbocycles. The maximum Gasteiger partial charge on any atom is 0.129 e. The van der Waals surface area contributed by atoms with E-state index in [0.717, 1.165) is 24.7 Å². The summed E-state index contributed by atoms with van der Waals surface area (Å²) in [5, 5.41) is 0. The van der Waals surface area contributed by atoms with Gasteiger partial charge in [0.05, 0.1) is 13.2 Å². The topological polar surface area (TPSA) is 51.6 Å². The van der Waals surface area contributed by atoms with E-state index in [1.54, 1.807) is 0 Å². The number of ether oxygens (including phenoxy) is 1. The summed E-state index contributed by atoms with van der Waals surface area (Å²) in [6.07, 6.45) is 0. The van der Waals surface area contributed by atoms with Crippen molar-refractivity contribution in [2.45, 2.75) is 52.9 Å². The zero-order valence-electron chi connectivity index (χ0n) is 12.0. The summed E-state index contributed by atoms with van der Waals surface area (Å²) in [5.41, 5.74) is 5.48. The monoisotopic (exact) mass is 254 g/mol. The number of hydrogen-bond acceptors (Lipinski definition) is 4. The van der Waals surface area contributed by atoms with Crippen LogP contribution in [0.15, 0.2) is 16.5 Å². The van der Waals surface area contributed by atoms with Gasteiger partial charge in [0.15, 0.2) is 0 Å². The van der Waals surface area contributed by atoms with Gasteiger partial charge in [0.1, 0.15) is 18.1 Å². The van der Waals surface area contributed by atoms with E-state index in [9.17, 15) is 0 Å². The molecule has 4 nitrogen and oxygen atoms in total. The van der Waals surface area contributed by atoms with E-state index in [-0.39, 0.29) is 0 Å². The van der Waals surface area contributed by atoms with E-state index in [2.05, 4.69) is 32.6 Å². The van der Waals surface area contributed by atoms with Crippen molar-refractivity contribution in [2.75, 3.05) is 13.2 Å². The van der Waals surface area contributed by atoms with Gasteiger partial charge in [-0.3, -0.25) is 4.90 Å². The fourth-order valence-corrected chi connectivity index (χ4v) is 2.07. The Morgan fingerprint density at radius 3 is 2.28 bits per heavy atom. The molecule has 0 spiro atoms. The van der Waals surface area contributed by atoms with E-state index < -0.39 is 0 Å². The van der Waals surface area contributed by atoms with Crippen LogP contribution in [0.2, 0.25) is 0 Å². The van der Waals surface area contributed by atoms with Gasteiger partial charge in [-0.15, -0.1) is 0 Å². The highest BCUT2D eigenvalue weighted by Crippen LogP contribution is 2.09. The molecule has 1 rings (SSSR count). The Morgan fingerprint density at radius 1 is 1.17 bits per heavy atom. The van der Waals surface area contributed by atoms with Gasteiger partial charge in [-0.1, -0.05) is 0 Å². The molecule has 1 aromatic heterocycles. The third kappa shape index (κ3) is 4.80. The van der Waals surface area contributed by atoms with Crippen LogP contribution in [0.1, 0.15) is 39.2 Å². The second-order valence-corrected chi connectivity index (χ2v) is 5.05. The maximum absolute atomic E-state index is 5.63. The van der Waals surface area contributed by atoms with Crippen LogP contribution in [0.4, 0.5) is 0 Å². The molecule has 0 saturated carbocycles. The Hall–Kier alpha value is -0.840. The molecule has 0 aliphatic heterocycles. The SMILES string of the molecule is CC(C)N(CCOCc1ccc(CN)o1)C(C)C. The van der Waals surface area contributed by atoms with Crippen LogP contribution in [0.3, 0.4) is 0 Å². The molecule has 0 bridgehead atoms. The second-order valence-electron chi connectivity index (χ2n) is 5.05. The standard InChI is InChI=1S/C14H26N2O2/c1-11(2)16(12(3)4)7-8-17-10-14-6-5-13(9-15)18-14/h5-6,11-12H,7-10,15H2,1-4H3. The van der Waals surface area contributed by atoms with Gasteiger partial charge in [0, 0.05) is 18.6 Å². The van der Waals surface area contributed by atoms with Gasteiger partial charge in [-0.25, -0.2) is 0 Å². The lowest BCUT2D eigenvalue weighted by Crippen LogP contribution is -2.39. The molecule has 0 aliphatic rings. The lowest BCUT2D eigenvalue weighted by atomic mass is 10.2. The molecule has 0 radical (unpaired) electrons. The number of nitrogens with zero attached hydrogens (tertiary/aromatic N) is 1. The third-order valence-corrected chi connectivity index (χ3v) is 2.98. The molecule has 0 aliphatic carbocycles. The van der Waals surface area contributed by atoms with Crippen molar-refractivity contribution in [3.8, 4) is 0 Å². The molecule has 0 atom stereocenters. The van der Waals surface area contributed by atoms with E-state index in [4.69, 9.17) is 14.9 Å². The smallest absolute Gasteiger partial charge is 0.129 e. The summed E-state index contributed by atoms with van der Waals surface area (Å²) in [4.78, 5) is 2.41. The summed E-state index contributed by atoms with van der Waals surface area (Å²) in [6.45, 7) is 11.5. The Balaban J connectivity index is 2.25. The van der Waals surface area contributed by atoms with E-state index >= 15 is 0 Å². The maximum atomic E-state index is 5.63. The fourth-order valence-electron chi connectivity index (χ4n) is 2.07. The van der Waals surface area contributed by atoms with Crippen molar-refractivity contribution in [1.29, 1.82) is 0 Å². The minimum absolute atomic E-state index is 0.439. The van der Waals surface area contributed by atoms with Crippen molar-refractivity contribution in [3.63, 3.8) is 0 Å². The Kier molecular flexibility index (Phi) is 6.39. The molecule has 18 heavy (non-hydrogen) atoms. The van der Waals surface area contributed by atoms with Crippen LogP contribution in [-0.2, 0) is 17.9 Å². The Bertz CT molecular complexity index is 326. The molecule has 0 amide bonds. The lowest BCUT2D eigenvalue weighted by Gasteiger charge is -2.30. The molecular formula is C14H26N2O2. The zero-order chi connectivity index (χ0) is 13.5. The number of nitrogens with two attached hydrogens (primary N) is 1. The first-order valence-electron chi connectivity index (χ1n) is 6.65. The van der Waals surface area contributed by atoms with E-state index in [1.807, 2.05) is 12.1 Å². The van der Waals surface area contributed by atoms with Gasteiger partial charge in [-0.2, -0.15) is 0 Å². The van der Waals surface area contributed by atoms with Crippen molar-refractivity contribution in [1.82, 2.24) is 4.90 Å². The average molecular weight is 254 g/mol. The highest BCUT2D eigenvalue weighted by atomic mass is 16.5. The number of hydrogen-bond donors (Lipinski definition) is 1. The lowest BCUT2D eigenvalue weighted by molar-refractivity contribution is 0.0617. The third-order valence-electron chi connectivity index (χ3n) is 2.98. The first kappa shape index (κ1) is 15.2. The predicted molar refractivity (Wildman–Crippen MR) is 73.2 cm³/mol. The number of furan rings is 1. The molecular weight excluding hydrogens is 228 g/mol. The highest BCUT2D eigenvalue weighted by Gasteiger charge is 2.12. The number of rotatable bonds is 8. The van der Waals surface area contributed by atoms with E-state index in [1.165, 1.54) is 0 Å².